The maximum absolute atomic E-state index is 11.9. The number of amides is 1. The Morgan fingerprint density at radius 2 is 2.14 bits per heavy atom. The van der Waals surface area contributed by atoms with E-state index in [0.717, 1.165) is 6.07 Å². The molecular formula is C10H14ClN3O5S2. The summed E-state index contributed by atoms with van der Waals surface area (Å²) >= 11 is 6.20. The van der Waals surface area contributed by atoms with Crippen molar-refractivity contribution in [2.75, 3.05) is 6.54 Å². The van der Waals surface area contributed by atoms with Gasteiger partial charge in [-0.15, -0.1) is 11.3 Å². The van der Waals surface area contributed by atoms with E-state index in [1.54, 1.807) is 13.8 Å². The van der Waals surface area contributed by atoms with E-state index in [2.05, 4.69) is 10.0 Å². The molecule has 1 heterocycles. The number of carbonyl (C=O) groups excluding carboxylic acids is 1. The highest BCUT2D eigenvalue weighted by atomic mass is 35.5. The second-order valence-corrected chi connectivity index (χ2v) is 8.00. The number of rotatable bonds is 7. The molecule has 1 aromatic heterocycles. The lowest BCUT2D eigenvalue weighted by atomic mass is 10.3. The van der Waals surface area contributed by atoms with Gasteiger partial charge in [-0.1, -0.05) is 11.6 Å². The first kappa shape index (κ1) is 17.8. The summed E-state index contributed by atoms with van der Waals surface area (Å²) in [5.41, 5.74) is -0.459. The summed E-state index contributed by atoms with van der Waals surface area (Å²) < 4.78 is 25.5. The van der Waals surface area contributed by atoms with E-state index in [1.165, 1.54) is 0 Å². The van der Waals surface area contributed by atoms with Crippen molar-refractivity contribution < 1.29 is 18.1 Å². The molecule has 1 aromatic rings. The van der Waals surface area contributed by atoms with Crippen LogP contribution in [0, 0.1) is 10.1 Å². The number of nitrogens with zero attached hydrogens (tertiary/aromatic N) is 1. The van der Waals surface area contributed by atoms with Crippen molar-refractivity contribution in [1.82, 2.24) is 10.0 Å². The summed E-state index contributed by atoms with van der Waals surface area (Å²) in [6, 6.07) is 0.858. The third-order valence-electron chi connectivity index (χ3n) is 2.20. The van der Waals surface area contributed by atoms with E-state index in [9.17, 15) is 23.3 Å². The highest BCUT2D eigenvalue weighted by Crippen LogP contribution is 2.35. The van der Waals surface area contributed by atoms with Gasteiger partial charge >= 0.3 is 0 Å². The first-order chi connectivity index (χ1) is 9.63. The topological polar surface area (TPSA) is 118 Å². The van der Waals surface area contributed by atoms with Crippen LogP contribution in [0.1, 0.15) is 20.3 Å². The molecule has 0 unspecified atom stereocenters. The van der Waals surface area contributed by atoms with Crippen molar-refractivity contribution in [3.05, 3.63) is 20.5 Å². The van der Waals surface area contributed by atoms with Crippen molar-refractivity contribution >= 4 is 44.6 Å². The summed E-state index contributed by atoms with van der Waals surface area (Å²) in [5.74, 6) is -0.289. The van der Waals surface area contributed by atoms with Crippen LogP contribution in [0.4, 0.5) is 5.69 Å². The summed E-state index contributed by atoms with van der Waals surface area (Å²) in [6.07, 6.45) is -0.0292. The standard InChI is InChI=1S/C10H14ClN3O5S2/c1-6(2)13-8(15)3-4-12-21(18,19)9-5-7(14(16)17)10(11)20-9/h5-6,12H,3-4H2,1-2H3,(H,13,15). The molecule has 0 spiro atoms. The van der Waals surface area contributed by atoms with Gasteiger partial charge in [-0.25, -0.2) is 13.1 Å². The largest absolute Gasteiger partial charge is 0.354 e. The molecule has 0 atom stereocenters. The third kappa shape index (κ3) is 5.23. The van der Waals surface area contributed by atoms with E-state index < -0.39 is 20.6 Å². The number of thiophene rings is 1. The van der Waals surface area contributed by atoms with Gasteiger partial charge in [0, 0.05) is 25.1 Å². The molecule has 118 valence electrons. The minimum absolute atomic E-state index is 0.0292. The highest BCUT2D eigenvalue weighted by molar-refractivity contribution is 7.91. The van der Waals surface area contributed by atoms with Gasteiger partial charge in [0.1, 0.15) is 4.21 Å². The van der Waals surface area contributed by atoms with Crippen LogP contribution in [0.15, 0.2) is 10.3 Å². The van der Waals surface area contributed by atoms with E-state index in [4.69, 9.17) is 11.6 Å². The Hall–Kier alpha value is -1.23. The van der Waals surface area contributed by atoms with Crippen molar-refractivity contribution in [2.45, 2.75) is 30.5 Å². The van der Waals surface area contributed by atoms with Gasteiger partial charge in [0.2, 0.25) is 15.9 Å². The Kier molecular flexibility index (Phi) is 6.08. The SMILES string of the molecule is CC(C)NC(=O)CCNS(=O)(=O)c1cc([N+](=O)[O-])c(Cl)s1. The zero-order valence-corrected chi connectivity index (χ0v) is 13.6. The van der Waals surface area contributed by atoms with Crippen LogP contribution in [0.2, 0.25) is 4.34 Å². The van der Waals surface area contributed by atoms with Crippen LogP contribution >= 0.6 is 22.9 Å². The molecule has 1 amide bonds. The molecule has 0 aromatic carbocycles. The Morgan fingerprint density at radius 1 is 1.52 bits per heavy atom. The number of sulfonamides is 1. The first-order valence-corrected chi connectivity index (χ1v) is 8.54. The predicted molar refractivity (Wildman–Crippen MR) is 79.1 cm³/mol. The minimum Gasteiger partial charge on any atom is -0.354 e. The highest BCUT2D eigenvalue weighted by Gasteiger charge is 2.25. The average Bonchev–Trinajstić information content (AvgIpc) is 2.70. The molecule has 0 aliphatic carbocycles. The maximum Gasteiger partial charge on any atom is 0.300 e. The van der Waals surface area contributed by atoms with Crippen molar-refractivity contribution in [1.29, 1.82) is 0 Å². The molecular weight excluding hydrogens is 342 g/mol. The molecule has 21 heavy (non-hydrogen) atoms. The second kappa shape index (κ2) is 7.16. The maximum atomic E-state index is 11.9. The summed E-state index contributed by atoms with van der Waals surface area (Å²) in [7, 11) is -3.92. The smallest absolute Gasteiger partial charge is 0.300 e. The molecule has 0 saturated heterocycles. The Bertz CT molecular complexity index is 641. The molecule has 0 radical (unpaired) electrons. The second-order valence-electron chi connectivity index (χ2n) is 4.35. The molecule has 8 nitrogen and oxygen atoms in total. The van der Waals surface area contributed by atoms with Gasteiger partial charge in [0.25, 0.3) is 5.69 Å². The summed E-state index contributed by atoms with van der Waals surface area (Å²) in [4.78, 5) is 21.2. The summed E-state index contributed by atoms with van der Waals surface area (Å²) in [6.45, 7) is 3.47. The van der Waals surface area contributed by atoms with Gasteiger partial charge < -0.3 is 5.32 Å². The fourth-order valence-electron chi connectivity index (χ4n) is 1.36. The van der Waals surface area contributed by atoms with E-state index in [0.29, 0.717) is 11.3 Å². The number of halogens is 1. The van der Waals surface area contributed by atoms with Gasteiger partial charge in [-0.05, 0) is 13.8 Å². The van der Waals surface area contributed by atoms with Gasteiger partial charge in [-0.3, -0.25) is 14.9 Å². The van der Waals surface area contributed by atoms with Crippen LogP contribution in [0.25, 0.3) is 0 Å². The van der Waals surface area contributed by atoms with Crippen LogP contribution in [-0.4, -0.2) is 31.8 Å². The minimum atomic E-state index is -3.92. The molecule has 2 N–H and O–H groups in total. The molecule has 11 heteroatoms. The van der Waals surface area contributed by atoms with Gasteiger partial charge in [-0.2, -0.15) is 0 Å². The zero-order valence-electron chi connectivity index (χ0n) is 11.3. The van der Waals surface area contributed by atoms with E-state index in [-0.39, 0.29) is 33.5 Å². The number of nitrogens with one attached hydrogen (secondary N) is 2. The fourth-order valence-corrected chi connectivity index (χ4v) is 4.10. The lowest BCUT2D eigenvalue weighted by Crippen LogP contribution is -2.33. The number of carbonyl (C=O) groups is 1. The lowest BCUT2D eigenvalue weighted by molar-refractivity contribution is -0.384. The fraction of sp³-hybridized carbons (Fsp3) is 0.500. The quantitative estimate of drug-likeness (QED) is 0.567. The first-order valence-electron chi connectivity index (χ1n) is 5.86. The predicted octanol–water partition coefficient (Wildman–Crippen LogP) is 1.50. The molecule has 0 fully saturated rings. The molecule has 0 aliphatic rings. The number of nitro groups is 1. The third-order valence-corrected chi connectivity index (χ3v) is 5.47. The monoisotopic (exact) mass is 355 g/mol. The van der Waals surface area contributed by atoms with E-state index >= 15 is 0 Å². The number of hydrogen-bond acceptors (Lipinski definition) is 6. The van der Waals surface area contributed by atoms with Crippen LogP contribution in [0.3, 0.4) is 0 Å². The van der Waals surface area contributed by atoms with Gasteiger partial charge in [0.05, 0.1) is 4.92 Å². The molecule has 0 aliphatic heterocycles. The Balaban J connectivity index is 2.68. The zero-order chi connectivity index (χ0) is 16.2. The summed E-state index contributed by atoms with van der Waals surface area (Å²) in [5, 5.41) is 13.2. The Morgan fingerprint density at radius 3 is 2.62 bits per heavy atom. The number of hydrogen-bond donors (Lipinski definition) is 2. The van der Waals surface area contributed by atoms with Crippen LogP contribution in [-0.2, 0) is 14.8 Å². The van der Waals surface area contributed by atoms with Crippen molar-refractivity contribution in [3.8, 4) is 0 Å². The lowest BCUT2D eigenvalue weighted by Gasteiger charge is -2.08. The normalized spacial score (nSPS) is 11.6. The van der Waals surface area contributed by atoms with Crippen molar-refractivity contribution in [3.63, 3.8) is 0 Å². The molecule has 1 rings (SSSR count). The Labute approximate surface area is 130 Å². The van der Waals surface area contributed by atoms with Crippen LogP contribution < -0.4 is 10.0 Å². The van der Waals surface area contributed by atoms with Crippen molar-refractivity contribution in [2.24, 2.45) is 0 Å². The molecule has 0 bridgehead atoms. The van der Waals surface area contributed by atoms with E-state index in [1.807, 2.05) is 0 Å². The van der Waals surface area contributed by atoms with Gasteiger partial charge in [0.15, 0.2) is 4.34 Å². The molecule has 0 saturated carbocycles. The van der Waals surface area contributed by atoms with Crippen LogP contribution in [0.5, 0.6) is 0 Å². The average molecular weight is 356 g/mol.